The minimum atomic E-state index is -0.237. The Balaban J connectivity index is 2.06. The van der Waals surface area contributed by atoms with E-state index in [0.717, 1.165) is 24.4 Å². The summed E-state index contributed by atoms with van der Waals surface area (Å²) in [6, 6.07) is 9.06. The maximum atomic E-state index is 13.2. The second-order valence-corrected chi connectivity index (χ2v) is 7.04. The number of nitrogens with zero attached hydrogens (tertiary/aromatic N) is 1. The Kier molecular flexibility index (Phi) is 9.25. The van der Waals surface area contributed by atoms with Gasteiger partial charge in [-0.2, -0.15) is 0 Å². The van der Waals surface area contributed by atoms with Crippen LogP contribution < -0.4 is 9.47 Å². The number of unbranched alkanes of at least 4 members (excludes halogenated alkanes) is 1. The largest absolute Gasteiger partial charge is 0.497 e. The zero-order chi connectivity index (χ0) is 21.9. The van der Waals surface area contributed by atoms with E-state index in [1.54, 1.807) is 37.3 Å². The lowest BCUT2D eigenvalue weighted by Crippen LogP contribution is -2.33. The number of ether oxygens (including phenoxy) is 3. The van der Waals surface area contributed by atoms with E-state index < -0.39 is 0 Å². The molecule has 0 unspecified atom stereocenters. The Morgan fingerprint density at radius 2 is 1.60 bits per heavy atom. The molecule has 1 amide bonds. The third kappa shape index (κ3) is 7.13. The van der Waals surface area contributed by atoms with Gasteiger partial charge >= 0.3 is 5.97 Å². The summed E-state index contributed by atoms with van der Waals surface area (Å²) in [6.45, 7) is 3.04. The summed E-state index contributed by atoms with van der Waals surface area (Å²) in [5, 5.41) is 0. The molecule has 164 valence electrons. The number of rotatable bonds is 12. The summed E-state index contributed by atoms with van der Waals surface area (Å²) < 4.78 is 20.9. The first-order valence-corrected chi connectivity index (χ1v) is 10.1. The summed E-state index contributed by atoms with van der Waals surface area (Å²) in [7, 11) is 4.49. The molecule has 1 heterocycles. The van der Waals surface area contributed by atoms with Crippen LogP contribution in [0.4, 0.5) is 0 Å². The summed E-state index contributed by atoms with van der Waals surface area (Å²) in [5.41, 5.74) is 0.507. The van der Waals surface area contributed by atoms with Crippen LogP contribution in [0.3, 0.4) is 0 Å². The Bertz CT molecular complexity index is 807. The molecule has 2 aromatic rings. The van der Waals surface area contributed by atoms with Crippen LogP contribution in [0.1, 0.15) is 47.6 Å². The Morgan fingerprint density at radius 1 is 0.933 bits per heavy atom. The van der Waals surface area contributed by atoms with Crippen LogP contribution in [-0.2, 0) is 16.0 Å². The molecule has 0 aliphatic carbocycles. The van der Waals surface area contributed by atoms with Crippen LogP contribution in [-0.4, -0.2) is 51.2 Å². The normalized spacial score (nSPS) is 10.5. The molecule has 0 atom stereocenters. The van der Waals surface area contributed by atoms with Gasteiger partial charge in [0.25, 0.3) is 5.91 Å². The topological polar surface area (TPSA) is 78.2 Å². The van der Waals surface area contributed by atoms with Crippen LogP contribution in [0.15, 0.2) is 34.7 Å². The maximum Gasteiger partial charge on any atom is 0.305 e. The van der Waals surface area contributed by atoms with Crippen molar-refractivity contribution in [1.29, 1.82) is 0 Å². The lowest BCUT2D eigenvalue weighted by atomic mass is 10.1. The molecular weight excluding hydrogens is 386 g/mol. The number of hydrogen-bond donors (Lipinski definition) is 0. The molecule has 2 rings (SSSR count). The van der Waals surface area contributed by atoms with E-state index in [0.29, 0.717) is 49.4 Å². The molecule has 0 N–H and O–H groups in total. The number of hydrogen-bond acceptors (Lipinski definition) is 6. The van der Waals surface area contributed by atoms with E-state index in [2.05, 4.69) is 4.74 Å². The molecule has 30 heavy (non-hydrogen) atoms. The molecule has 0 aliphatic heterocycles. The first-order chi connectivity index (χ1) is 14.5. The molecule has 7 heteroatoms. The van der Waals surface area contributed by atoms with E-state index in [9.17, 15) is 9.59 Å². The van der Waals surface area contributed by atoms with Gasteiger partial charge in [-0.1, -0.05) is 0 Å². The number of amides is 1. The van der Waals surface area contributed by atoms with Crippen molar-refractivity contribution in [3.05, 3.63) is 47.4 Å². The van der Waals surface area contributed by atoms with Crippen molar-refractivity contribution in [2.24, 2.45) is 0 Å². The average molecular weight is 418 g/mol. The van der Waals surface area contributed by atoms with Crippen LogP contribution in [0.25, 0.3) is 0 Å². The number of aryl methyl sites for hydroxylation is 2. The molecule has 0 fully saturated rings. The van der Waals surface area contributed by atoms with Gasteiger partial charge < -0.3 is 23.5 Å². The highest BCUT2D eigenvalue weighted by Gasteiger charge is 2.18. The van der Waals surface area contributed by atoms with E-state index >= 15 is 0 Å². The first-order valence-electron chi connectivity index (χ1n) is 10.1. The number of esters is 1. The van der Waals surface area contributed by atoms with Gasteiger partial charge in [0.2, 0.25) is 0 Å². The van der Waals surface area contributed by atoms with Gasteiger partial charge in [0.15, 0.2) is 0 Å². The molecule has 0 spiro atoms. The van der Waals surface area contributed by atoms with Gasteiger partial charge in [-0.3, -0.25) is 9.59 Å². The third-order valence-electron chi connectivity index (χ3n) is 4.82. The van der Waals surface area contributed by atoms with Crippen molar-refractivity contribution in [2.75, 3.05) is 34.4 Å². The van der Waals surface area contributed by atoms with E-state index in [4.69, 9.17) is 13.9 Å². The molecular formula is C23H31NO6. The zero-order valence-electron chi connectivity index (χ0n) is 18.2. The van der Waals surface area contributed by atoms with E-state index in [1.165, 1.54) is 7.11 Å². The lowest BCUT2D eigenvalue weighted by Gasteiger charge is -2.23. The number of benzene rings is 1. The fraction of sp³-hybridized carbons (Fsp3) is 0.478. The summed E-state index contributed by atoms with van der Waals surface area (Å²) in [4.78, 5) is 26.4. The average Bonchev–Trinajstić information content (AvgIpc) is 3.18. The van der Waals surface area contributed by atoms with Crippen LogP contribution in [0, 0.1) is 6.92 Å². The molecule has 1 aromatic carbocycles. The van der Waals surface area contributed by atoms with Crippen molar-refractivity contribution in [2.45, 2.75) is 39.0 Å². The van der Waals surface area contributed by atoms with Crippen molar-refractivity contribution >= 4 is 11.9 Å². The second kappa shape index (κ2) is 11.9. The van der Waals surface area contributed by atoms with Crippen molar-refractivity contribution in [3.63, 3.8) is 0 Å². The predicted molar refractivity (Wildman–Crippen MR) is 113 cm³/mol. The summed E-state index contributed by atoms with van der Waals surface area (Å²) in [5.74, 6) is 2.58. The van der Waals surface area contributed by atoms with Gasteiger partial charge in [0, 0.05) is 37.6 Å². The van der Waals surface area contributed by atoms with Crippen molar-refractivity contribution < 1.29 is 28.2 Å². The maximum absolute atomic E-state index is 13.2. The number of carbonyl (C=O) groups excluding carboxylic acids is 2. The highest BCUT2D eigenvalue weighted by molar-refractivity contribution is 5.95. The fourth-order valence-electron chi connectivity index (χ4n) is 3.17. The molecule has 0 radical (unpaired) electrons. The Labute approximate surface area is 177 Å². The number of carbonyl (C=O) groups is 2. The van der Waals surface area contributed by atoms with Crippen molar-refractivity contribution in [1.82, 2.24) is 4.90 Å². The minimum Gasteiger partial charge on any atom is -0.497 e. The molecule has 0 saturated carbocycles. The Hall–Kier alpha value is -2.96. The van der Waals surface area contributed by atoms with E-state index in [-0.39, 0.29) is 11.9 Å². The second-order valence-electron chi connectivity index (χ2n) is 7.04. The monoisotopic (exact) mass is 417 g/mol. The van der Waals surface area contributed by atoms with Gasteiger partial charge in [0.05, 0.1) is 21.3 Å². The highest BCUT2D eigenvalue weighted by Crippen LogP contribution is 2.24. The molecule has 0 aliphatic rings. The quantitative estimate of drug-likeness (QED) is 0.383. The SMILES string of the molecule is COC(=O)CCCCN(CCCc1ccc(C)o1)C(=O)c1cc(OC)cc(OC)c1. The first kappa shape index (κ1) is 23.3. The van der Waals surface area contributed by atoms with Crippen LogP contribution in [0.5, 0.6) is 11.5 Å². The number of furan rings is 1. The van der Waals surface area contributed by atoms with Gasteiger partial charge in [-0.05, 0) is 50.5 Å². The lowest BCUT2D eigenvalue weighted by molar-refractivity contribution is -0.140. The zero-order valence-corrected chi connectivity index (χ0v) is 18.2. The molecule has 7 nitrogen and oxygen atoms in total. The highest BCUT2D eigenvalue weighted by atomic mass is 16.5. The van der Waals surface area contributed by atoms with Gasteiger partial charge in [-0.25, -0.2) is 0 Å². The summed E-state index contributed by atoms with van der Waals surface area (Å²) in [6.07, 6.45) is 3.24. The predicted octanol–water partition coefficient (Wildman–Crippen LogP) is 4.02. The van der Waals surface area contributed by atoms with Crippen LogP contribution >= 0.6 is 0 Å². The molecule has 0 bridgehead atoms. The molecule has 0 saturated heterocycles. The molecule has 1 aromatic heterocycles. The fourth-order valence-corrected chi connectivity index (χ4v) is 3.17. The standard InChI is InChI=1S/C23H31NO6/c1-17-10-11-19(30-17)8-7-13-24(12-6-5-9-22(25)29-4)23(26)18-14-20(27-2)16-21(15-18)28-3/h10-11,14-16H,5-9,12-13H2,1-4H3. The van der Waals surface area contributed by atoms with Crippen LogP contribution in [0.2, 0.25) is 0 Å². The van der Waals surface area contributed by atoms with Gasteiger partial charge in [-0.15, -0.1) is 0 Å². The minimum absolute atomic E-state index is 0.0964. The van der Waals surface area contributed by atoms with Crippen molar-refractivity contribution in [3.8, 4) is 11.5 Å². The Morgan fingerprint density at radius 3 is 2.17 bits per heavy atom. The van der Waals surface area contributed by atoms with E-state index in [1.807, 2.05) is 19.1 Å². The summed E-state index contributed by atoms with van der Waals surface area (Å²) >= 11 is 0. The smallest absolute Gasteiger partial charge is 0.305 e. The third-order valence-corrected chi connectivity index (χ3v) is 4.82. The van der Waals surface area contributed by atoms with Gasteiger partial charge in [0.1, 0.15) is 23.0 Å². The number of methoxy groups -OCH3 is 3.